The van der Waals surface area contributed by atoms with Crippen molar-refractivity contribution in [1.29, 1.82) is 0 Å². The highest BCUT2D eigenvalue weighted by Crippen LogP contribution is 2.30. The molecule has 1 aromatic heterocycles. The molecule has 18 heavy (non-hydrogen) atoms. The van der Waals surface area contributed by atoms with E-state index in [2.05, 4.69) is 28.1 Å². The van der Waals surface area contributed by atoms with Crippen LogP contribution in [0.5, 0.6) is 0 Å². The third kappa shape index (κ3) is 2.51. The molecule has 0 aliphatic rings. The predicted octanol–water partition coefficient (Wildman–Crippen LogP) is 2.83. The van der Waals surface area contributed by atoms with Gasteiger partial charge >= 0.3 is 0 Å². The molecule has 2 aromatic rings. The monoisotopic (exact) mass is 241 g/mol. The van der Waals surface area contributed by atoms with Gasteiger partial charge in [0.2, 0.25) is 0 Å². The summed E-state index contributed by atoms with van der Waals surface area (Å²) in [6.07, 6.45) is 3.71. The number of rotatable bonds is 3. The number of hydrogen-bond acceptors (Lipinski definition) is 3. The first-order valence-electron chi connectivity index (χ1n) is 6.07. The molecule has 2 rings (SSSR count). The zero-order chi connectivity index (χ0) is 13.1. The van der Waals surface area contributed by atoms with Crippen LogP contribution in [0.3, 0.4) is 0 Å². The van der Waals surface area contributed by atoms with Crippen LogP contribution >= 0.6 is 0 Å². The lowest BCUT2D eigenvalue weighted by Crippen LogP contribution is -2.10. The van der Waals surface area contributed by atoms with E-state index in [1.165, 1.54) is 11.3 Å². The van der Waals surface area contributed by atoms with Crippen LogP contribution in [0.1, 0.15) is 18.5 Å². The molecule has 1 aromatic carbocycles. The predicted molar refractivity (Wildman–Crippen MR) is 76.6 cm³/mol. The molecule has 0 aliphatic heterocycles. The maximum absolute atomic E-state index is 5.91. The highest BCUT2D eigenvalue weighted by atomic mass is 15.1. The van der Waals surface area contributed by atoms with Gasteiger partial charge in [-0.05, 0) is 24.6 Å². The summed E-state index contributed by atoms with van der Waals surface area (Å²) in [7, 11) is 4.09. The number of hydrogen-bond donors (Lipinski definition) is 1. The minimum atomic E-state index is 0.00367. The summed E-state index contributed by atoms with van der Waals surface area (Å²) in [6.45, 7) is 1.97. The van der Waals surface area contributed by atoms with Gasteiger partial charge in [0.1, 0.15) is 0 Å². The largest absolute Gasteiger partial charge is 0.377 e. The number of nitrogens with two attached hydrogens (primary N) is 1. The summed E-state index contributed by atoms with van der Waals surface area (Å²) in [6, 6.07) is 10.4. The van der Waals surface area contributed by atoms with Crippen molar-refractivity contribution < 1.29 is 0 Å². The van der Waals surface area contributed by atoms with Crippen molar-refractivity contribution in [1.82, 2.24) is 4.98 Å². The minimum absolute atomic E-state index is 0.00367. The second kappa shape index (κ2) is 5.19. The maximum atomic E-state index is 5.91. The van der Waals surface area contributed by atoms with Crippen LogP contribution in [-0.2, 0) is 0 Å². The Morgan fingerprint density at radius 3 is 2.56 bits per heavy atom. The summed E-state index contributed by atoms with van der Waals surface area (Å²) >= 11 is 0. The zero-order valence-corrected chi connectivity index (χ0v) is 11.1. The second-order valence-electron chi connectivity index (χ2n) is 4.71. The van der Waals surface area contributed by atoms with Gasteiger partial charge in [-0.3, -0.25) is 4.98 Å². The average molecular weight is 241 g/mol. The van der Waals surface area contributed by atoms with E-state index < -0.39 is 0 Å². The van der Waals surface area contributed by atoms with Crippen molar-refractivity contribution in [3.8, 4) is 11.1 Å². The number of pyridine rings is 1. The Balaban J connectivity index is 2.52. The summed E-state index contributed by atoms with van der Waals surface area (Å²) in [5.41, 5.74) is 10.4. The number of nitrogens with zero attached hydrogens (tertiary/aromatic N) is 2. The van der Waals surface area contributed by atoms with Crippen LogP contribution in [0.2, 0.25) is 0 Å². The lowest BCUT2D eigenvalue weighted by atomic mass is 10.0. The molecule has 2 N–H and O–H groups in total. The number of anilines is 1. The topological polar surface area (TPSA) is 42.1 Å². The molecule has 3 nitrogen and oxygen atoms in total. The van der Waals surface area contributed by atoms with Crippen molar-refractivity contribution >= 4 is 5.69 Å². The normalized spacial score (nSPS) is 12.2. The van der Waals surface area contributed by atoms with E-state index in [1.54, 1.807) is 0 Å². The van der Waals surface area contributed by atoms with E-state index in [0.29, 0.717) is 0 Å². The fourth-order valence-electron chi connectivity index (χ4n) is 1.96. The molecule has 0 fully saturated rings. The van der Waals surface area contributed by atoms with Gasteiger partial charge in [0.05, 0.1) is 0 Å². The van der Waals surface area contributed by atoms with Crippen LogP contribution in [0.4, 0.5) is 5.69 Å². The van der Waals surface area contributed by atoms with Crippen LogP contribution in [0.25, 0.3) is 11.1 Å². The fraction of sp³-hybridized carbons (Fsp3) is 0.267. The SMILES string of the molecule is CC(N)c1cncc(-c2ccccc2N(C)C)c1. The van der Waals surface area contributed by atoms with Gasteiger partial charge in [-0.1, -0.05) is 18.2 Å². The maximum Gasteiger partial charge on any atom is 0.0441 e. The van der Waals surface area contributed by atoms with Gasteiger partial charge in [-0.2, -0.15) is 0 Å². The highest BCUT2D eigenvalue weighted by Gasteiger charge is 2.08. The summed E-state index contributed by atoms with van der Waals surface area (Å²) in [5.74, 6) is 0. The zero-order valence-electron chi connectivity index (χ0n) is 11.1. The first-order valence-corrected chi connectivity index (χ1v) is 6.07. The Morgan fingerprint density at radius 1 is 1.17 bits per heavy atom. The molecule has 0 saturated carbocycles. The highest BCUT2D eigenvalue weighted by molar-refractivity contribution is 5.78. The van der Waals surface area contributed by atoms with Gasteiger partial charge in [-0.15, -0.1) is 0 Å². The average Bonchev–Trinajstić information content (AvgIpc) is 2.39. The van der Waals surface area contributed by atoms with Crippen molar-refractivity contribution in [3.05, 3.63) is 48.3 Å². The molecule has 0 spiro atoms. The molecule has 3 heteroatoms. The Bertz CT molecular complexity index is 533. The molecule has 1 atom stereocenters. The van der Waals surface area contributed by atoms with E-state index in [1.807, 2.05) is 45.5 Å². The molecule has 1 unspecified atom stereocenters. The molecule has 0 radical (unpaired) electrons. The Morgan fingerprint density at radius 2 is 1.89 bits per heavy atom. The van der Waals surface area contributed by atoms with E-state index in [0.717, 1.165) is 11.1 Å². The van der Waals surface area contributed by atoms with Gasteiger partial charge in [-0.25, -0.2) is 0 Å². The molecule has 1 heterocycles. The minimum Gasteiger partial charge on any atom is -0.377 e. The molecule has 0 aliphatic carbocycles. The number of aromatic nitrogens is 1. The summed E-state index contributed by atoms with van der Waals surface area (Å²) in [4.78, 5) is 6.39. The summed E-state index contributed by atoms with van der Waals surface area (Å²) in [5, 5.41) is 0. The molecule has 0 amide bonds. The second-order valence-corrected chi connectivity index (χ2v) is 4.71. The fourth-order valence-corrected chi connectivity index (χ4v) is 1.96. The van der Waals surface area contributed by atoms with Gasteiger partial charge in [0.15, 0.2) is 0 Å². The Labute approximate surface area is 108 Å². The van der Waals surface area contributed by atoms with Gasteiger partial charge in [0.25, 0.3) is 0 Å². The van der Waals surface area contributed by atoms with Crippen molar-refractivity contribution in [2.75, 3.05) is 19.0 Å². The number of benzene rings is 1. The quantitative estimate of drug-likeness (QED) is 0.898. The Kier molecular flexibility index (Phi) is 3.63. The first-order chi connectivity index (χ1) is 8.59. The van der Waals surface area contributed by atoms with Crippen molar-refractivity contribution in [2.24, 2.45) is 5.73 Å². The van der Waals surface area contributed by atoms with Crippen LogP contribution in [0, 0.1) is 0 Å². The molecular formula is C15H19N3. The standard InChI is InChI=1S/C15H19N3/c1-11(16)12-8-13(10-17-9-12)14-6-4-5-7-15(14)18(2)3/h4-11H,16H2,1-3H3. The molecule has 94 valence electrons. The van der Waals surface area contributed by atoms with Crippen LogP contribution < -0.4 is 10.6 Å². The number of para-hydroxylation sites is 1. The van der Waals surface area contributed by atoms with E-state index in [4.69, 9.17) is 5.73 Å². The smallest absolute Gasteiger partial charge is 0.0441 e. The van der Waals surface area contributed by atoms with Crippen LogP contribution in [0.15, 0.2) is 42.7 Å². The van der Waals surface area contributed by atoms with Gasteiger partial charge in [0, 0.05) is 49.3 Å². The van der Waals surface area contributed by atoms with Gasteiger partial charge < -0.3 is 10.6 Å². The first kappa shape index (κ1) is 12.6. The lowest BCUT2D eigenvalue weighted by molar-refractivity contribution is 0.812. The van der Waals surface area contributed by atoms with Crippen LogP contribution in [-0.4, -0.2) is 19.1 Å². The molecule has 0 bridgehead atoms. The van der Waals surface area contributed by atoms with E-state index >= 15 is 0 Å². The Hall–Kier alpha value is -1.87. The lowest BCUT2D eigenvalue weighted by Gasteiger charge is -2.18. The van der Waals surface area contributed by atoms with Crippen molar-refractivity contribution in [2.45, 2.75) is 13.0 Å². The van der Waals surface area contributed by atoms with E-state index in [9.17, 15) is 0 Å². The van der Waals surface area contributed by atoms with E-state index in [-0.39, 0.29) is 6.04 Å². The molecular weight excluding hydrogens is 222 g/mol. The summed E-state index contributed by atoms with van der Waals surface area (Å²) < 4.78 is 0. The third-order valence-electron chi connectivity index (χ3n) is 2.98. The van der Waals surface area contributed by atoms with Crippen molar-refractivity contribution in [3.63, 3.8) is 0 Å². The molecule has 0 saturated heterocycles. The third-order valence-corrected chi connectivity index (χ3v) is 2.98.